The zero-order chi connectivity index (χ0) is 16.9. The zero-order valence-electron chi connectivity index (χ0n) is 14.6. The van der Waals surface area contributed by atoms with Gasteiger partial charge in [-0.25, -0.2) is 0 Å². The molecule has 1 aromatic heterocycles. The summed E-state index contributed by atoms with van der Waals surface area (Å²) in [4.78, 5) is 20.0. The van der Waals surface area contributed by atoms with Crippen LogP contribution in [0.5, 0.6) is 0 Å². The van der Waals surface area contributed by atoms with Gasteiger partial charge in [0.25, 0.3) is 0 Å². The van der Waals surface area contributed by atoms with Crippen LogP contribution in [-0.2, 0) is 11.3 Å². The molecule has 6 heteroatoms. The van der Waals surface area contributed by atoms with E-state index in [0.29, 0.717) is 18.4 Å². The predicted octanol–water partition coefficient (Wildman–Crippen LogP) is 2.05. The van der Waals surface area contributed by atoms with Crippen molar-refractivity contribution in [3.05, 3.63) is 22.4 Å². The number of nitrogens with zero attached hydrogens (tertiary/aromatic N) is 3. The lowest BCUT2D eigenvalue weighted by atomic mass is 9.86. The standard InChI is InChI=1S/C18H29N3O2S/c1-19-8-10-21(11-9-19)17-6-7-20(14-16-3-2-12-24-16)13-15(17)4-5-18(22)23/h2-3,12,15,17H,4-11,13-14H2,1H3,(H,22,23)/t15-,17+/m0/s1. The van der Waals surface area contributed by atoms with Crippen molar-refractivity contribution in [2.24, 2.45) is 5.92 Å². The van der Waals surface area contributed by atoms with Gasteiger partial charge < -0.3 is 10.0 Å². The molecule has 0 radical (unpaired) electrons. The van der Waals surface area contributed by atoms with Crippen molar-refractivity contribution >= 4 is 17.3 Å². The summed E-state index contributed by atoms with van der Waals surface area (Å²) in [7, 11) is 2.18. The molecule has 2 atom stereocenters. The number of carbonyl (C=O) groups is 1. The van der Waals surface area contributed by atoms with E-state index in [1.54, 1.807) is 0 Å². The zero-order valence-corrected chi connectivity index (χ0v) is 15.4. The largest absolute Gasteiger partial charge is 0.481 e. The van der Waals surface area contributed by atoms with Gasteiger partial charge in [0.15, 0.2) is 0 Å². The lowest BCUT2D eigenvalue weighted by Gasteiger charge is -2.46. The smallest absolute Gasteiger partial charge is 0.303 e. The summed E-state index contributed by atoms with van der Waals surface area (Å²) in [5.74, 6) is -0.194. The molecule has 24 heavy (non-hydrogen) atoms. The molecule has 0 aromatic carbocycles. The van der Waals surface area contributed by atoms with E-state index < -0.39 is 5.97 Å². The van der Waals surface area contributed by atoms with Crippen molar-refractivity contribution in [3.8, 4) is 0 Å². The Bertz CT molecular complexity index is 514. The maximum atomic E-state index is 11.1. The van der Waals surface area contributed by atoms with Gasteiger partial charge in [-0.15, -0.1) is 11.3 Å². The minimum atomic E-state index is -0.664. The van der Waals surface area contributed by atoms with Gasteiger partial charge in [0.1, 0.15) is 0 Å². The Morgan fingerprint density at radius 1 is 1.29 bits per heavy atom. The van der Waals surface area contributed by atoms with Crippen LogP contribution in [0.25, 0.3) is 0 Å². The Morgan fingerprint density at radius 2 is 2.08 bits per heavy atom. The number of piperazine rings is 1. The van der Waals surface area contributed by atoms with Crippen molar-refractivity contribution in [1.29, 1.82) is 0 Å². The monoisotopic (exact) mass is 351 g/mol. The fraction of sp³-hybridized carbons (Fsp3) is 0.722. The summed E-state index contributed by atoms with van der Waals surface area (Å²) in [6.07, 6.45) is 2.26. The first-order chi connectivity index (χ1) is 11.6. The molecule has 5 nitrogen and oxygen atoms in total. The number of carboxylic acids is 1. The molecule has 1 N–H and O–H groups in total. The fourth-order valence-corrected chi connectivity index (χ4v) is 4.83. The number of thiophene rings is 1. The molecule has 2 saturated heterocycles. The lowest BCUT2D eigenvalue weighted by Crippen LogP contribution is -2.56. The highest BCUT2D eigenvalue weighted by Gasteiger charge is 2.34. The van der Waals surface area contributed by atoms with E-state index in [1.807, 2.05) is 11.3 Å². The second-order valence-corrected chi connectivity index (χ2v) is 8.23. The Balaban J connectivity index is 1.61. The van der Waals surface area contributed by atoms with Crippen LogP contribution in [0, 0.1) is 5.92 Å². The van der Waals surface area contributed by atoms with Crippen LogP contribution in [0.15, 0.2) is 17.5 Å². The van der Waals surface area contributed by atoms with E-state index in [2.05, 4.69) is 39.3 Å². The van der Waals surface area contributed by atoms with Crippen LogP contribution in [-0.4, -0.2) is 78.1 Å². The van der Waals surface area contributed by atoms with Crippen molar-refractivity contribution in [2.75, 3.05) is 46.3 Å². The maximum absolute atomic E-state index is 11.1. The number of piperidine rings is 1. The van der Waals surface area contributed by atoms with Crippen molar-refractivity contribution in [2.45, 2.75) is 31.8 Å². The quantitative estimate of drug-likeness (QED) is 0.850. The topological polar surface area (TPSA) is 47.0 Å². The SMILES string of the molecule is CN1CCN([C@@H]2CCN(Cc3cccs3)C[C@@H]2CCC(=O)O)CC1. The summed E-state index contributed by atoms with van der Waals surface area (Å²) in [6.45, 7) is 7.66. The van der Waals surface area contributed by atoms with E-state index >= 15 is 0 Å². The Morgan fingerprint density at radius 3 is 2.75 bits per heavy atom. The number of hydrogen-bond donors (Lipinski definition) is 1. The lowest BCUT2D eigenvalue weighted by molar-refractivity contribution is -0.137. The normalized spacial score (nSPS) is 27.4. The van der Waals surface area contributed by atoms with Crippen LogP contribution < -0.4 is 0 Å². The molecule has 2 aliphatic heterocycles. The van der Waals surface area contributed by atoms with Crippen LogP contribution in [0.4, 0.5) is 0 Å². The number of likely N-dealkylation sites (tertiary alicyclic amines) is 1. The molecular formula is C18H29N3O2S. The van der Waals surface area contributed by atoms with Crippen molar-refractivity contribution < 1.29 is 9.90 Å². The molecule has 134 valence electrons. The van der Waals surface area contributed by atoms with Crippen LogP contribution in [0.1, 0.15) is 24.1 Å². The number of hydrogen-bond acceptors (Lipinski definition) is 5. The highest BCUT2D eigenvalue weighted by molar-refractivity contribution is 7.09. The number of rotatable bonds is 6. The van der Waals surface area contributed by atoms with E-state index in [0.717, 1.165) is 52.2 Å². The third-order valence-corrected chi connectivity index (χ3v) is 6.33. The molecule has 2 fully saturated rings. The third-order valence-electron chi connectivity index (χ3n) is 5.47. The van der Waals surface area contributed by atoms with Gasteiger partial charge in [0.2, 0.25) is 0 Å². The molecule has 1 aromatic rings. The molecule has 3 rings (SSSR count). The Hall–Kier alpha value is -0.950. The van der Waals surface area contributed by atoms with Gasteiger partial charge >= 0.3 is 5.97 Å². The fourth-order valence-electron chi connectivity index (χ4n) is 4.09. The average molecular weight is 352 g/mol. The van der Waals surface area contributed by atoms with Gasteiger partial charge in [-0.3, -0.25) is 14.6 Å². The van der Waals surface area contributed by atoms with Crippen LogP contribution >= 0.6 is 11.3 Å². The molecule has 0 unspecified atom stereocenters. The Labute approximate surface area is 148 Å². The van der Waals surface area contributed by atoms with E-state index in [1.165, 1.54) is 11.3 Å². The van der Waals surface area contributed by atoms with Crippen LogP contribution in [0.3, 0.4) is 0 Å². The van der Waals surface area contributed by atoms with E-state index in [-0.39, 0.29) is 0 Å². The van der Waals surface area contributed by atoms with Crippen molar-refractivity contribution in [3.63, 3.8) is 0 Å². The summed E-state index contributed by atoms with van der Waals surface area (Å²) < 4.78 is 0. The second kappa shape index (κ2) is 8.43. The number of aliphatic carboxylic acids is 1. The van der Waals surface area contributed by atoms with Crippen molar-refractivity contribution in [1.82, 2.24) is 14.7 Å². The summed E-state index contributed by atoms with van der Waals surface area (Å²) in [5, 5.41) is 11.2. The molecule has 0 spiro atoms. The van der Waals surface area contributed by atoms with Gasteiger partial charge in [-0.1, -0.05) is 6.07 Å². The summed E-state index contributed by atoms with van der Waals surface area (Å²) >= 11 is 1.81. The number of likely N-dealkylation sites (N-methyl/N-ethyl adjacent to an activating group) is 1. The summed E-state index contributed by atoms with van der Waals surface area (Å²) in [5.41, 5.74) is 0. The average Bonchev–Trinajstić information content (AvgIpc) is 3.07. The van der Waals surface area contributed by atoms with Gasteiger partial charge in [-0.05, 0) is 37.3 Å². The first kappa shape index (κ1) is 17.9. The van der Waals surface area contributed by atoms with E-state index in [9.17, 15) is 4.79 Å². The van der Waals surface area contributed by atoms with Crippen LogP contribution in [0.2, 0.25) is 0 Å². The van der Waals surface area contributed by atoms with Gasteiger partial charge in [-0.2, -0.15) is 0 Å². The Kier molecular flexibility index (Phi) is 6.27. The first-order valence-corrected chi connectivity index (χ1v) is 9.89. The minimum absolute atomic E-state index is 0.293. The molecule has 2 aliphatic rings. The maximum Gasteiger partial charge on any atom is 0.303 e. The second-order valence-electron chi connectivity index (χ2n) is 7.20. The minimum Gasteiger partial charge on any atom is -0.481 e. The summed E-state index contributed by atoms with van der Waals surface area (Å²) in [6, 6.07) is 4.86. The first-order valence-electron chi connectivity index (χ1n) is 9.01. The molecule has 0 bridgehead atoms. The molecule has 3 heterocycles. The molecule has 0 aliphatic carbocycles. The highest BCUT2D eigenvalue weighted by atomic mass is 32.1. The predicted molar refractivity (Wildman–Crippen MR) is 97.4 cm³/mol. The van der Waals surface area contributed by atoms with Gasteiger partial charge in [0, 0.05) is 63.2 Å². The number of carboxylic acid groups (broad SMARTS) is 1. The van der Waals surface area contributed by atoms with Gasteiger partial charge in [0.05, 0.1) is 0 Å². The highest BCUT2D eigenvalue weighted by Crippen LogP contribution is 2.28. The third kappa shape index (κ3) is 4.79. The van der Waals surface area contributed by atoms with E-state index in [4.69, 9.17) is 5.11 Å². The molecular weight excluding hydrogens is 322 g/mol. The molecule has 0 saturated carbocycles. The molecule has 0 amide bonds.